The molecule has 0 amide bonds. The number of benzene rings is 1. The number of hydrogen-bond donors (Lipinski definition) is 1. The van der Waals surface area contributed by atoms with Gasteiger partial charge in [-0.2, -0.15) is 0 Å². The average molecular weight is 301 g/mol. The first-order valence-corrected chi connectivity index (χ1v) is 7.93. The molecule has 0 aliphatic heterocycles. The minimum Gasteiger partial charge on any atom is -0.462 e. The third-order valence-electron chi connectivity index (χ3n) is 3.39. The molecule has 0 spiro atoms. The molecule has 0 saturated heterocycles. The van der Waals surface area contributed by atoms with Crippen LogP contribution in [0.4, 0.5) is 0 Å². The molecule has 1 N–H and O–H groups in total. The molecule has 2 aromatic heterocycles. The minimum absolute atomic E-state index is 0.0954. The first kappa shape index (κ1) is 14.3. The number of nitrogens with one attached hydrogen (secondary N) is 1. The zero-order valence-corrected chi connectivity index (χ0v) is 13.1. The van der Waals surface area contributed by atoms with Crippen molar-refractivity contribution >= 4 is 21.4 Å². The molecule has 0 radical (unpaired) electrons. The lowest BCUT2D eigenvalue weighted by Crippen LogP contribution is -2.20. The lowest BCUT2D eigenvalue weighted by molar-refractivity contribution is 0.162. The first-order valence-electron chi connectivity index (χ1n) is 7.11. The van der Waals surface area contributed by atoms with Gasteiger partial charge >= 0.3 is 0 Å². The molecule has 0 bridgehead atoms. The molecule has 4 heteroatoms. The highest BCUT2D eigenvalue weighted by Gasteiger charge is 2.19. The lowest BCUT2D eigenvalue weighted by Gasteiger charge is -2.13. The van der Waals surface area contributed by atoms with Gasteiger partial charge in [-0.05, 0) is 36.2 Å². The van der Waals surface area contributed by atoms with Gasteiger partial charge in [-0.25, -0.2) is 0 Å². The fourth-order valence-corrected chi connectivity index (χ4v) is 3.61. The number of ether oxygens (including phenoxy) is 1. The normalized spacial score (nSPS) is 12.9. The monoisotopic (exact) mass is 301 g/mol. The maximum atomic E-state index is 5.91. The van der Waals surface area contributed by atoms with Gasteiger partial charge in [-0.1, -0.05) is 25.1 Å². The van der Waals surface area contributed by atoms with Crippen LogP contribution in [0, 0.1) is 0 Å². The molecule has 0 aliphatic rings. The van der Waals surface area contributed by atoms with Crippen LogP contribution >= 0.6 is 11.3 Å². The summed E-state index contributed by atoms with van der Waals surface area (Å²) in [7, 11) is 1.68. The summed E-state index contributed by atoms with van der Waals surface area (Å²) >= 11 is 1.81. The zero-order valence-electron chi connectivity index (χ0n) is 12.3. The van der Waals surface area contributed by atoms with Crippen LogP contribution in [0.15, 0.2) is 46.9 Å². The molecule has 21 heavy (non-hydrogen) atoms. The van der Waals surface area contributed by atoms with Crippen LogP contribution < -0.4 is 5.32 Å². The Balaban J connectivity index is 1.95. The van der Waals surface area contributed by atoms with Gasteiger partial charge < -0.3 is 14.5 Å². The molecule has 0 fully saturated rings. The second kappa shape index (κ2) is 6.43. The van der Waals surface area contributed by atoms with Crippen molar-refractivity contribution in [2.45, 2.75) is 19.6 Å². The smallest absolute Gasteiger partial charge is 0.129 e. The highest BCUT2D eigenvalue weighted by atomic mass is 32.1. The SMILES string of the molecule is CCNC(c1ccc(COC)o1)c1cc2ccccc2s1. The van der Waals surface area contributed by atoms with Gasteiger partial charge in [0.2, 0.25) is 0 Å². The fraction of sp³-hybridized carbons (Fsp3) is 0.294. The van der Waals surface area contributed by atoms with Crippen LogP contribution in [0.25, 0.3) is 10.1 Å². The number of furan rings is 1. The van der Waals surface area contributed by atoms with Crippen molar-refractivity contribution in [2.75, 3.05) is 13.7 Å². The summed E-state index contributed by atoms with van der Waals surface area (Å²) in [4.78, 5) is 1.27. The third-order valence-corrected chi connectivity index (χ3v) is 4.57. The summed E-state index contributed by atoms with van der Waals surface area (Å²) in [6.45, 7) is 3.50. The van der Waals surface area contributed by atoms with E-state index in [9.17, 15) is 0 Å². The molecular formula is C17H19NO2S. The van der Waals surface area contributed by atoms with Crippen molar-refractivity contribution in [3.63, 3.8) is 0 Å². The highest BCUT2D eigenvalue weighted by Crippen LogP contribution is 2.33. The van der Waals surface area contributed by atoms with Crippen molar-refractivity contribution in [3.8, 4) is 0 Å². The van der Waals surface area contributed by atoms with E-state index in [1.54, 1.807) is 7.11 Å². The van der Waals surface area contributed by atoms with Gasteiger partial charge in [0, 0.05) is 16.7 Å². The molecule has 0 saturated carbocycles. The largest absolute Gasteiger partial charge is 0.462 e. The summed E-state index contributed by atoms with van der Waals surface area (Å²) in [5.41, 5.74) is 0. The summed E-state index contributed by atoms with van der Waals surface area (Å²) in [5.74, 6) is 1.80. The van der Waals surface area contributed by atoms with E-state index in [0.717, 1.165) is 18.1 Å². The summed E-state index contributed by atoms with van der Waals surface area (Å²) in [6.07, 6.45) is 0. The maximum absolute atomic E-state index is 5.91. The van der Waals surface area contributed by atoms with Gasteiger partial charge in [0.1, 0.15) is 24.2 Å². The molecule has 3 nitrogen and oxygen atoms in total. The van der Waals surface area contributed by atoms with E-state index >= 15 is 0 Å². The third kappa shape index (κ3) is 3.02. The van der Waals surface area contributed by atoms with Crippen molar-refractivity contribution in [1.29, 1.82) is 0 Å². The second-order valence-corrected chi connectivity index (χ2v) is 6.03. The Bertz CT molecular complexity index is 683. The lowest BCUT2D eigenvalue weighted by atomic mass is 10.1. The first-order chi connectivity index (χ1) is 10.3. The number of thiophene rings is 1. The Morgan fingerprint density at radius 2 is 2.10 bits per heavy atom. The second-order valence-electron chi connectivity index (χ2n) is 4.91. The molecule has 110 valence electrons. The molecule has 1 unspecified atom stereocenters. The van der Waals surface area contributed by atoms with Crippen LogP contribution in [-0.4, -0.2) is 13.7 Å². The fourth-order valence-electron chi connectivity index (χ4n) is 2.46. The minimum atomic E-state index is 0.0954. The quantitative estimate of drug-likeness (QED) is 0.735. The number of rotatable bonds is 6. The zero-order chi connectivity index (χ0) is 14.7. The predicted molar refractivity (Wildman–Crippen MR) is 86.8 cm³/mol. The Morgan fingerprint density at radius 3 is 2.86 bits per heavy atom. The van der Waals surface area contributed by atoms with Crippen LogP contribution in [-0.2, 0) is 11.3 Å². The van der Waals surface area contributed by atoms with Crippen LogP contribution in [0.5, 0.6) is 0 Å². The van der Waals surface area contributed by atoms with E-state index in [1.807, 2.05) is 23.5 Å². The van der Waals surface area contributed by atoms with Crippen molar-refractivity contribution < 1.29 is 9.15 Å². The Kier molecular flexibility index (Phi) is 4.39. The Hall–Kier alpha value is -1.62. The molecule has 3 rings (SSSR count). The molecule has 2 heterocycles. The number of hydrogen-bond acceptors (Lipinski definition) is 4. The maximum Gasteiger partial charge on any atom is 0.129 e. The van der Waals surface area contributed by atoms with E-state index in [1.165, 1.54) is 15.0 Å². The Morgan fingerprint density at radius 1 is 1.24 bits per heavy atom. The molecule has 1 aromatic carbocycles. The Labute approximate surface area is 128 Å². The van der Waals surface area contributed by atoms with Gasteiger partial charge in [-0.3, -0.25) is 0 Å². The molecule has 0 aliphatic carbocycles. The summed E-state index contributed by atoms with van der Waals surface area (Å²) in [6, 6.07) is 14.8. The highest BCUT2D eigenvalue weighted by molar-refractivity contribution is 7.19. The standard InChI is InChI=1S/C17H19NO2S/c1-3-18-17(14-9-8-13(20-14)11-19-2)16-10-12-6-4-5-7-15(12)21-16/h4-10,17-18H,3,11H2,1-2H3. The van der Waals surface area contributed by atoms with E-state index in [2.05, 4.69) is 42.6 Å². The van der Waals surface area contributed by atoms with Crippen LogP contribution in [0.2, 0.25) is 0 Å². The van der Waals surface area contributed by atoms with Gasteiger partial charge in [-0.15, -0.1) is 11.3 Å². The molecular weight excluding hydrogens is 282 g/mol. The van der Waals surface area contributed by atoms with Crippen molar-refractivity contribution in [1.82, 2.24) is 5.32 Å². The summed E-state index contributed by atoms with van der Waals surface area (Å²) < 4.78 is 12.3. The van der Waals surface area contributed by atoms with E-state index in [0.29, 0.717) is 6.61 Å². The van der Waals surface area contributed by atoms with Crippen LogP contribution in [0.3, 0.4) is 0 Å². The van der Waals surface area contributed by atoms with Crippen molar-refractivity contribution in [2.24, 2.45) is 0 Å². The molecule has 3 aromatic rings. The van der Waals surface area contributed by atoms with Gasteiger partial charge in [0.25, 0.3) is 0 Å². The average Bonchev–Trinajstić information content (AvgIpc) is 3.11. The van der Waals surface area contributed by atoms with Crippen LogP contribution in [0.1, 0.15) is 29.4 Å². The summed E-state index contributed by atoms with van der Waals surface area (Å²) in [5, 5.41) is 4.79. The predicted octanol–water partition coefficient (Wildman–Crippen LogP) is 4.34. The van der Waals surface area contributed by atoms with E-state index < -0.39 is 0 Å². The van der Waals surface area contributed by atoms with E-state index in [-0.39, 0.29) is 6.04 Å². The molecule has 1 atom stereocenters. The topological polar surface area (TPSA) is 34.4 Å². The number of methoxy groups -OCH3 is 1. The van der Waals surface area contributed by atoms with E-state index in [4.69, 9.17) is 9.15 Å². The van der Waals surface area contributed by atoms with Gasteiger partial charge in [0.05, 0.1) is 0 Å². The number of fused-ring (bicyclic) bond motifs is 1. The van der Waals surface area contributed by atoms with Crippen molar-refractivity contribution in [3.05, 3.63) is 58.9 Å². The van der Waals surface area contributed by atoms with Gasteiger partial charge in [0.15, 0.2) is 0 Å².